The van der Waals surface area contributed by atoms with Gasteiger partial charge in [0.1, 0.15) is 12.3 Å². The Balaban J connectivity index is 1.11. The van der Waals surface area contributed by atoms with Crippen molar-refractivity contribution in [3.8, 4) is 39.7 Å². The van der Waals surface area contributed by atoms with Gasteiger partial charge in [0, 0.05) is 35.2 Å². The molecule has 6 aromatic rings. The number of alkyl halides is 3. The summed E-state index contributed by atoms with van der Waals surface area (Å²) >= 11 is 1.11. The van der Waals surface area contributed by atoms with Crippen molar-refractivity contribution in [1.82, 2.24) is 19.8 Å². The molecule has 0 atom stereocenters. The third-order valence-electron chi connectivity index (χ3n) is 8.75. The summed E-state index contributed by atoms with van der Waals surface area (Å²) in [5.41, 5.74) is 4.90. The molecule has 1 heterocycles. The van der Waals surface area contributed by atoms with Crippen LogP contribution < -0.4 is 14.8 Å². The van der Waals surface area contributed by atoms with Gasteiger partial charge >= 0.3 is 6.18 Å². The molecule has 2 N–H and O–H groups in total. The lowest BCUT2D eigenvalue weighted by molar-refractivity contribution is -0.138. The summed E-state index contributed by atoms with van der Waals surface area (Å²) in [7, 11) is 1.26. The van der Waals surface area contributed by atoms with Gasteiger partial charge in [0.2, 0.25) is 17.6 Å². The van der Waals surface area contributed by atoms with Crippen LogP contribution in [0.2, 0.25) is 0 Å². The van der Waals surface area contributed by atoms with Gasteiger partial charge in [-0.3, -0.25) is 19.1 Å². The first-order chi connectivity index (χ1) is 26.9. The normalized spacial score (nSPS) is 11.2. The predicted octanol–water partition coefficient (Wildman–Crippen LogP) is 8.62. The molecule has 0 aliphatic carbocycles. The standard InChI is InChI=1S/C42H36F3N5O5S/c1-26-4-8-28(9-5-26)29-12-14-31(15-13-29)40-47-39(48-55-40)30-10-6-27(7-11-30)24-50(25-38(52)49-56-3)41(53)32-16-19-34(20-17-32)46-37(51)22-33-18-21-35(54-2)23-36(33)42(43,44)45/h4-21,23H,22,24-25H2,1-3H3,(H,46,51)(H,49,52). The molecule has 0 saturated carbocycles. The maximum Gasteiger partial charge on any atom is 0.416 e. The van der Waals surface area contributed by atoms with Gasteiger partial charge in [-0.2, -0.15) is 18.2 Å². The van der Waals surface area contributed by atoms with Crippen LogP contribution in [-0.4, -0.2) is 52.7 Å². The van der Waals surface area contributed by atoms with Gasteiger partial charge in [0.05, 0.1) is 19.1 Å². The molecule has 286 valence electrons. The van der Waals surface area contributed by atoms with Gasteiger partial charge in [0.15, 0.2) is 0 Å². The molecule has 0 saturated heterocycles. The molecule has 0 spiro atoms. The van der Waals surface area contributed by atoms with Gasteiger partial charge in [-0.05, 0) is 77.7 Å². The minimum atomic E-state index is -4.68. The van der Waals surface area contributed by atoms with Crippen molar-refractivity contribution >= 4 is 35.4 Å². The minimum Gasteiger partial charge on any atom is -0.497 e. The summed E-state index contributed by atoms with van der Waals surface area (Å²) in [6.45, 7) is 1.90. The second-order valence-corrected chi connectivity index (χ2v) is 13.4. The van der Waals surface area contributed by atoms with E-state index in [0.717, 1.165) is 40.3 Å². The Bertz CT molecular complexity index is 2310. The van der Waals surface area contributed by atoms with E-state index in [2.05, 4.69) is 44.4 Å². The summed E-state index contributed by atoms with van der Waals surface area (Å²) in [4.78, 5) is 45.0. The number of nitrogens with zero attached hydrogens (tertiary/aromatic N) is 3. The Morgan fingerprint density at radius 2 is 1.43 bits per heavy atom. The number of hydrogen-bond acceptors (Lipinski definition) is 8. The van der Waals surface area contributed by atoms with Crippen molar-refractivity contribution in [2.75, 3.05) is 25.2 Å². The van der Waals surface area contributed by atoms with E-state index in [-0.39, 0.29) is 41.6 Å². The van der Waals surface area contributed by atoms with Gasteiger partial charge < -0.3 is 19.5 Å². The van der Waals surface area contributed by atoms with Crippen molar-refractivity contribution < 1.29 is 36.8 Å². The maximum atomic E-state index is 13.7. The highest BCUT2D eigenvalue weighted by atomic mass is 32.2. The van der Waals surface area contributed by atoms with E-state index in [4.69, 9.17) is 9.26 Å². The van der Waals surface area contributed by atoms with E-state index in [0.29, 0.717) is 17.3 Å². The first-order valence-electron chi connectivity index (χ1n) is 17.3. The maximum absolute atomic E-state index is 13.7. The zero-order valence-electron chi connectivity index (χ0n) is 30.5. The molecule has 0 aliphatic rings. The lowest BCUT2D eigenvalue weighted by Gasteiger charge is -2.22. The van der Waals surface area contributed by atoms with Gasteiger partial charge in [-0.25, -0.2) is 0 Å². The SMILES string of the molecule is COc1ccc(CC(=O)Nc2ccc(C(=O)N(CC(=O)NSC)Cc3ccc(-c4noc(-c5ccc(-c6ccc(C)cc6)cc5)n4)cc3)cc2)c(C(F)(F)F)c1. The third kappa shape index (κ3) is 9.82. The molecule has 6 rings (SSSR count). The van der Waals surface area contributed by atoms with Crippen molar-refractivity contribution in [2.24, 2.45) is 0 Å². The second kappa shape index (κ2) is 17.4. The van der Waals surface area contributed by atoms with Crippen LogP contribution in [0.4, 0.5) is 18.9 Å². The Morgan fingerprint density at radius 1 is 0.804 bits per heavy atom. The second-order valence-electron chi connectivity index (χ2n) is 12.8. The van der Waals surface area contributed by atoms with E-state index in [1.165, 1.54) is 54.0 Å². The van der Waals surface area contributed by atoms with Crippen LogP contribution in [0, 0.1) is 6.92 Å². The molecule has 0 fully saturated rings. The monoisotopic (exact) mass is 779 g/mol. The fourth-order valence-corrected chi connectivity index (χ4v) is 6.16. The molecule has 0 radical (unpaired) electrons. The highest BCUT2D eigenvalue weighted by molar-refractivity contribution is 7.97. The molecule has 10 nitrogen and oxygen atoms in total. The Hall–Kier alpha value is -6.41. The fourth-order valence-electron chi connectivity index (χ4n) is 5.87. The molecular formula is C42H36F3N5O5S. The number of aromatic nitrogens is 2. The highest BCUT2D eigenvalue weighted by Gasteiger charge is 2.34. The quantitative estimate of drug-likeness (QED) is 0.112. The van der Waals surface area contributed by atoms with E-state index in [1.54, 1.807) is 30.5 Å². The Morgan fingerprint density at radius 3 is 2.05 bits per heavy atom. The van der Waals surface area contributed by atoms with Crippen LogP contribution in [-0.2, 0) is 28.7 Å². The summed E-state index contributed by atoms with van der Waals surface area (Å²) < 4.78 is 54.0. The first kappa shape index (κ1) is 39.3. The average Bonchev–Trinajstić information content (AvgIpc) is 3.69. The van der Waals surface area contributed by atoms with Crippen molar-refractivity contribution in [2.45, 2.75) is 26.1 Å². The number of ether oxygens (including phenoxy) is 1. The number of carbonyl (C=O) groups excluding carboxylic acids is 3. The number of methoxy groups -OCH3 is 1. The summed E-state index contributed by atoms with van der Waals surface area (Å²) in [6.07, 6.45) is -3.52. The number of anilines is 1. The Kier molecular flexibility index (Phi) is 12.2. The number of amides is 3. The molecule has 0 unspecified atom stereocenters. The number of halogens is 3. The lowest BCUT2D eigenvalue weighted by Crippen LogP contribution is -2.38. The number of hydrogen-bond donors (Lipinski definition) is 2. The summed E-state index contributed by atoms with van der Waals surface area (Å²) in [5, 5.41) is 6.73. The number of carbonyl (C=O) groups is 3. The van der Waals surface area contributed by atoms with Crippen LogP contribution in [0.5, 0.6) is 5.75 Å². The van der Waals surface area contributed by atoms with Crippen LogP contribution in [0.3, 0.4) is 0 Å². The van der Waals surface area contributed by atoms with Crippen LogP contribution >= 0.6 is 11.9 Å². The Labute approximate surface area is 325 Å². The average molecular weight is 780 g/mol. The predicted molar refractivity (Wildman–Crippen MR) is 209 cm³/mol. The van der Waals surface area contributed by atoms with E-state index >= 15 is 0 Å². The van der Waals surface area contributed by atoms with E-state index in [1.807, 2.05) is 31.2 Å². The van der Waals surface area contributed by atoms with Crippen molar-refractivity contribution in [3.63, 3.8) is 0 Å². The number of aryl methyl sites for hydroxylation is 1. The third-order valence-corrected chi connectivity index (χ3v) is 9.19. The lowest BCUT2D eigenvalue weighted by atomic mass is 10.0. The molecule has 5 aromatic carbocycles. The van der Waals surface area contributed by atoms with Crippen molar-refractivity contribution in [1.29, 1.82) is 0 Å². The molecule has 56 heavy (non-hydrogen) atoms. The number of benzene rings is 5. The zero-order valence-corrected chi connectivity index (χ0v) is 31.3. The molecular weight excluding hydrogens is 744 g/mol. The number of rotatable bonds is 13. The molecule has 1 aromatic heterocycles. The molecule has 0 bridgehead atoms. The number of nitrogens with one attached hydrogen (secondary N) is 2. The topological polar surface area (TPSA) is 127 Å². The fraction of sp³-hybridized carbons (Fsp3) is 0.167. The summed E-state index contributed by atoms with van der Waals surface area (Å²) in [6, 6.07) is 32.6. The van der Waals surface area contributed by atoms with Crippen molar-refractivity contribution in [3.05, 3.63) is 143 Å². The largest absolute Gasteiger partial charge is 0.497 e. The highest BCUT2D eigenvalue weighted by Crippen LogP contribution is 2.35. The van der Waals surface area contributed by atoms with Gasteiger partial charge in [-0.1, -0.05) is 89.4 Å². The first-order valence-corrected chi connectivity index (χ1v) is 18.5. The van der Waals surface area contributed by atoms with Crippen LogP contribution in [0.1, 0.15) is 32.6 Å². The van der Waals surface area contributed by atoms with E-state index in [9.17, 15) is 27.6 Å². The smallest absolute Gasteiger partial charge is 0.416 e. The minimum absolute atomic E-state index is 0.0217. The van der Waals surface area contributed by atoms with Gasteiger partial charge in [-0.15, -0.1) is 0 Å². The summed E-state index contributed by atoms with van der Waals surface area (Å²) in [5.74, 6) is -0.730. The molecule has 0 aliphatic heterocycles. The zero-order chi connectivity index (χ0) is 39.8. The van der Waals surface area contributed by atoms with E-state index < -0.39 is 30.0 Å². The van der Waals surface area contributed by atoms with Gasteiger partial charge in [0.25, 0.3) is 11.8 Å². The van der Waals surface area contributed by atoms with Crippen LogP contribution in [0.25, 0.3) is 34.0 Å². The molecule has 3 amide bonds. The van der Waals surface area contributed by atoms with Crippen LogP contribution in [0.15, 0.2) is 120 Å². The molecule has 14 heteroatoms.